The number of nitrogens with two attached hydrogens (primary N) is 1. The Hall–Kier alpha value is -3.06. The number of aryl methyl sites for hydroxylation is 1. The first-order valence-corrected chi connectivity index (χ1v) is 8.56. The van der Waals surface area contributed by atoms with Crippen LogP contribution in [0.1, 0.15) is 22.3 Å². The molecule has 0 bridgehead atoms. The predicted octanol–water partition coefficient (Wildman–Crippen LogP) is 5.62. The van der Waals surface area contributed by atoms with Crippen LogP contribution in [0.3, 0.4) is 0 Å². The molecule has 0 saturated heterocycles. The average Bonchev–Trinajstić information content (AvgIpc) is 2.66. The van der Waals surface area contributed by atoms with E-state index in [0.29, 0.717) is 0 Å². The molecule has 0 atom stereocenters. The molecule has 0 spiro atoms. The van der Waals surface area contributed by atoms with Gasteiger partial charge >= 0.3 is 0 Å². The second-order valence-electron chi connectivity index (χ2n) is 6.18. The minimum absolute atomic E-state index is 0.778. The Bertz CT molecular complexity index is 874. The molecule has 0 unspecified atom stereocenters. The molecule has 1 nitrogen and oxygen atoms in total. The van der Waals surface area contributed by atoms with E-state index in [2.05, 4.69) is 67.6 Å². The van der Waals surface area contributed by atoms with Crippen LogP contribution in [-0.2, 0) is 6.42 Å². The summed E-state index contributed by atoms with van der Waals surface area (Å²) in [6.45, 7) is 2.12. The maximum absolute atomic E-state index is 6.35. The molecule has 0 heterocycles. The van der Waals surface area contributed by atoms with E-state index in [9.17, 15) is 0 Å². The number of benzene rings is 3. The molecule has 0 aromatic heterocycles. The quantitative estimate of drug-likeness (QED) is 0.605. The van der Waals surface area contributed by atoms with E-state index in [0.717, 1.165) is 23.3 Å². The number of allylic oxidation sites excluding steroid dienone is 3. The number of rotatable bonds is 5. The molecule has 124 valence electrons. The molecular weight excluding hydrogens is 302 g/mol. The van der Waals surface area contributed by atoms with Crippen LogP contribution in [0.5, 0.6) is 0 Å². The largest absolute Gasteiger partial charge is 0.398 e. The topological polar surface area (TPSA) is 26.0 Å². The van der Waals surface area contributed by atoms with Gasteiger partial charge in [0.1, 0.15) is 0 Å². The van der Waals surface area contributed by atoms with Crippen LogP contribution >= 0.6 is 0 Å². The predicted molar refractivity (Wildman–Crippen MR) is 108 cm³/mol. The monoisotopic (exact) mass is 325 g/mol. The zero-order valence-corrected chi connectivity index (χ0v) is 14.5. The van der Waals surface area contributed by atoms with Gasteiger partial charge < -0.3 is 5.73 Å². The van der Waals surface area contributed by atoms with Gasteiger partial charge in [0, 0.05) is 5.70 Å². The fourth-order valence-electron chi connectivity index (χ4n) is 2.84. The Morgan fingerprint density at radius 1 is 0.800 bits per heavy atom. The minimum Gasteiger partial charge on any atom is -0.398 e. The molecule has 0 aliphatic carbocycles. The Morgan fingerprint density at radius 3 is 2.08 bits per heavy atom. The second-order valence-corrected chi connectivity index (χ2v) is 6.18. The van der Waals surface area contributed by atoms with Crippen molar-refractivity contribution in [2.75, 3.05) is 0 Å². The Balaban J connectivity index is 1.94. The van der Waals surface area contributed by atoms with Gasteiger partial charge in [0.25, 0.3) is 0 Å². The first-order chi connectivity index (χ1) is 12.2. The van der Waals surface area contributed by atoms with Gasteiger partial charge in [-0.3, -0.25) is 0 Å². The first kappa shape index (κ1) is 16.8. The third-order valence-corrected chi connectivity index (χ3v) is 4.17. The van der Waals surface area contributed by atoms with Gasteiger partial charge in [-0.25, -0.2) is 0 Å². The van der Waals surface area contributed by atoms with E-state index in [-0.39, 0.29) is 0 Å². The SMILES string of the molecule is Cc1cccc(C/C=C(\C=C(/N)c2ccccc2)c2ccccc2)c1. The molecule has 0 amide bonds. The normalized spacial score (nSPS) is 12.2. The Morgan fingerprint density at radius 2 is 1.44 bits per heavy atom. The maximum Gasteiger partial charge on any atom is 0.0393 e. The molecule has 3 aromatic carbocycles. The first-order valence-electron chi connectivity index (χ1n) is 8.56. The summed E-state index contributed by atoms with van der Waals surface area (Å²) in [6.07, 6.45) is 5.20. The lowest BCUT2D eigenvalue weighted by molar-refractivity contribution is 1.25. The van der Waals surface area contributed by atoms with Crippen LogP contribution in [0.4, 0.5) is 0 Å². The average molecular weight is 325 g/mol. The van der Waals surface area contributed by atoms with Crippen molar-refractivity contribution in [3.05, 3.63) is 119 Å². The molecule has 0 saturated carbocycles. The molecule has 3 aromatic rings. The van der Waals surface area contributed by atoms with Crippen LogP contribution in [0.25, 0.3) is 11.3 Å². The van der Waals surface area contributed by atoms with Gasteiger partial charge in [-0.15, -0.1) is 0 Å². The standard InChI is InChI=1S/C24H23N/c1-19-9-8-10-20(17-19)15-16-23(21-11-4-2-5-12-21)18-24(25)22-13-6-3-7-14-22/h2-14,16-18H,15,25H2,1H3/b23-16+,24-18-. The fourth-order valence-corrected chi connectivity index (χ4v) is 2.84. The van der Waals surface area contributed by atoms with Gasteiger partial charge in [0.2, 0.25) is 0 Å². The molecule has 25 heavy (non-hydrogen) atoms. The van der Waals surface area contributed by atoms with Crippen LogP contribution in [0, 0.1) is 6.92 Å². The Labute approximate surface area is 150 Å². The Kier molecular flexibility index (Phi) is 5.48. The molecule has 1 heteroatoms. The summed E-state index contributed by atoms with van der Waals surface area (Å²) in [5, 5.41) is 0. The van der Waals surface area contributed by atoms with Crippen molar-refractivity contribution in [3.8, 4) is 0 Å². The van der Waals surface area contributed by atoms with E-state index in [1.54, 1.807) is 0 Å². The van der Waals surface area contributed by atoms with Gasteiger partial charge in [-0.2, -0.15) is 0 Å². The van der Waals surface area contributed by atoms with Crippen LogP contribution in [-0.4, -0.2) is 0 Å². The highest BCUT2D eigenvalue weighted by atomic mass is 14.6. The van der Waals surface area contributed by atoms with Crippen LogP contribution in [0.15, 0.2) is 97.1 Å². The number of hydrogen-bond acceptors (Lipinski definition) is 1. The van der Waals surface area contributed by atoms with Crippen molar-refractivity contribution >= 4 is 11.3 Å². The summed E-state index contributed by atoms with van der Waals surface area (Å²) in [6, 6.07) is 29.1. The molecule has 3 rings (SSSR count). The van der Waals surface area contributed by atoms with Crippen molar-refractivity contribution in [2.45, 2.75) is 13.3 Å². The van der Waals surface area contributed by atoms with Crippen LogP contribution in [0.2, 0.25) is 0 Å². The van der Waals surface area contributed by atoms with Crippen molar-refractivity contribution < 1.29 is 0 Å². The van der Waals surface area contributed by atoms with Crippen LogP contribution < -0.4 is 5.73 Å². The van der Waals surface area contributed by atoms with Crippen molar-refractivity contribution in [3.63, 3.8) is 0 Å². The van der Waals surface area contributed by atoms with Gasteiger partial charge in [0.05, 0.1) is 0 Å². The third-order valence-electron chi connectivity index (χ3n) is 4.17. The van der Waals surface area contributed by atoms with Crippen molar-refractivity contribution in [1.82, 2.24) is 0 Å². The highest BCUT2D eigenvalue weighted by molar-refractivity contribution is 5.82. The van der Waals surface area contributed by atoms with Crippen molar-refractivity contribution in [1.29, 1.82) is 0 Å². The molecule has 0 radical (unpaired) electrons. The molecule has 0 fully saturated rings. The molecule has 0 aliphatic rings. The lowest BCUT2D eigenvalue weighted by atomic mass is 9.99. The summed E-state index contributed by atoms with van der Waals surface area (Å²) in [5.41, 5.74) is 13.1. The summed E-state index contributed by atoms with van der Waals surface area (Å²) >= 11 is 0. The maximum atomic E-state index is 6.35. The molecule has 2 N–H and O–H groups in total. The smallest absolute Gasteiger partial charge is 0.0393 e. The fraction of sp³-hybridized carbons (Fsp3) is 0.0833. The summed E-state index contributed by atoms with van der Waals surface area (Å²) in [5.74, 6) is 0. The second kappa shape index (κ2) is 8.16. The molecular formula is C24H23N. The molecule has 0 aliphatic heterocycles. The van der Waals surface area contributed by atoms with E-state index < -0.39 is 0 Å². The van der Waals surface area contributed by atoms with E-state index in [1.165, 1.54) is 16.7 Å². The zero-order chi connectivity index (χ0) is 17.5. The summed E-state index contributed by atoms with van der Waals surface area (Å²) in [7, 11) is 0. The van der Waals surface area contributed by atoms with Gasteiger partial charge in [-0.1, -0.05) is 96.6 Å². The highest BCUT2D eigenvalue weighted by Gasteiger charge is 2.02. The number of hydrogen-bond donors (Lipinski definition) is 1. The van der Waals surface area contributed by atoms with E-state index in [4.69, 9.17) is 5.73 Å². The lowest BCUT2D eigenvalue weighted by Gasteiger charge is -2.07. The lowest BCUT2D eigenvalue weighted by Crippen LogP contribution is -1.97. The summed E-state index contributed by atoms with van der Waals surface area (Å²) < 4.78 is 0. The summed E-state index contributed by atoms with van der Waals surface area (Å²) in [4.78, 5) is 0. The van der Waals surface area contributed by atoms with Crippen molar-refractivity contribution in [2.24, 2.45) is 5.73 Å². The minimum atomic E-state index is 0.778. The highest BCUT2D eigenvalue weighted by Crippen LogP contribution is 2.21. The van der Waals surface area contributed by atoms with Gasteiger partial charge in [-0.05, 0) is 41.7 Å². The van der Waals surface area contributed by atoms with E-state index in [1.807, 2.05) is 36.4 Å². The zero-order valence-electron chi connectivity index (χ0n) is 14.5. The van der Waals surface area contributed by atoms with E-state index >= 15 is 0 Å². The third kappa shape index (κ3) is 4.71. The van der Waals surface area contributed by atoms with Gasteiger partial charge in [0.15, 0.2) is 0 Å².